The minimum Gasteiger partial charge on any atom is -0.544 e. The van der Waals surface area contributed by atoms with Crippen LogP contribution in [0.3, 0.4) is 0 Å². The van der Waals surface area contributed by atoms with Gasteiger partial charge in [-0.1, -0.05) is 6.58 Å². The Bertz CT molecular complexity index is 292. The van der Waals surface area contributed by atoms with Crippen LogP contribution in [0.5, 0.6) is 0 Å². The van der Waals surface area contributed by atoms with Crippen LogP contribution in [0.25, 0.3) is 4.85 Å². The van der Waals surface area contributed by atoms with Crippen LogP contribution < -0.4 is 5.11 Å². The molecule has 0 heterocycles. The van der Waals surface area contributed by atoms with Gasteiger partial charge in [0.15, 0.2) is 5.70 Å². The lowest BCUT2D eigenvalue weighted by atomic mass is 10.3. The van der Waals surface area contributed by atoms with Crippen molar-refractivity contribution < 1.29 is 19.1 Å². The fraction of sp³-hybridized carbons (Fsp3) is 0.636. The van der Waals surface area contributed by atoms with E-state index in [1.165, 1.54) is 0 Å². The fourth-order valence-electron chi connectivity index (χ4n) is 1.25. The molecule has 0 bridgehead atoms. The molecule has 0 saturated carbocycles. The Morgan fingerprint density at radius 3 is 2.69 bits per heavy atom. The zero-order valence-electron chi connectivity index (χ0n) is 9.86. The highest BCUT2D eigenvalue weighted by atomic mass is 16.5. The fourth-order valence-corrected chi connectivity index (χ4v) is 1.25. The number of rotatable bonds is 8. The van der Waals surface area contributed by atoms with Crippen LogP contribution in [-0.4, -0.2) is 50.9 Å². The van der Waals surface area contributed by atoms with Crippen molar-refractivity contribution in [3.63, 3.8) is 0 Å². The first kappa shape index (κ1) is 14.6. The van der Waals surface area contributed by atoms with Crippen LogP contribution in [0, 0.1) is 6.57 Å². The van der Waals surface area contributed by atoms with Gasteiger partial charge in [0.05, 0.1) is 46.4 Å². The first-order chi connectivity index (χ1) is 7.37. The van der Waals surface area contributed by atoms with Crippen LogP contribution in [0.2, 0.25) is 0 Å². The molecule has 0 aliphatic carbocycles. The number of quaternary nitrogens is 1. The normalized spacial score (nSPS) is 10.8. The second-order valence-electron chi connectivity index (χ2n) is 4.27. The molecule has 0 aliphatic heterocycles. The van der Waals surface area contributed by atoms with Gasteiger partial charge in [0.2, 0.25) is 0 Å². The Kier molecular flexibility index (Phi) is 6.38. The number of likely N-dealkylation sites (N-methyl/N-ethyl adjacent to an activating group) is 1. The van der Waals surface area contributed by atoms with Crippen LogP contribution in [0.4, 0.5) is 0 Å². The Morgan fingerprint density at radius 2 is 2.19 bits per heavy atom. The summed E-state index contributed by atoms with van der Waals surface area (Å²) in [6.07, 6.45) is 0.742. The Balaban J connectivity index is 3.62. The van der Waals surface area contributed by atoms with Gasteiger partial charge in [-0.3, -0.25) is 0 Å². The lowest BCUT2D eigenvalue weighted by Gasteiger charge is -2.29. The van der Waals surface area contributed by atoms with Gasteiger partial charge < -0.3 is 19.1 Å². The molecule has 0 aromatic carbocycles. The first-order valence-electron chi connectivity index (χ1n) is 5.02. The van der Waals surface area contributed by atoms with E-state index in [1.54, 1.807) is 0 Å². The largest absolute Gasteiger partial charge is 0.544 e. The molecule has 0 spiro atoms. The van der Waals surface area contributed by atoms with E-state index in [4.69, 9.17) is 11.3 Å². The van der Waals surface area contributed by atoms with Crippen LogP contribution in [0.15, 0.2) is 12.3 Å². The van der Waals surface area contributed by atoms with Gasteiger partial charge in [-0.15, -0.1) is 0 Å². The SMILES string of the molecule is [C-]#[N+]C(=C)COCCC[N+](C)(C)CC(=O)[O-]. The van der Waals surface area contributed by atoms with E-state index in [2.05, 4.69) is 11.4 Å². The van der Waals surface area contributed by atoms with Crippen molar-refractivity contribution in [2.24, 2.45) is 0 Å². The molecule has 0 aromatic rings. The maximum atomic E-state index is 10.4. The first-order valence-corrected chi connectivity index (χ1v) is 5.02. The van der Waals surface area contributed by atoms with Gasteiger partial charge in [-0.2, -0.15) is 0 Å². The van der Waals surface area contributed by atoms with E-state index >= 15 is 0 Å². The second kappa shape index (κ2) is 6.99. The molecule has 5 heteroatoms. The summed E-state index contributed by atoms with van der Waals surface area (Å²) in [4.78, 5) is 13.5. The summed E-state index contributed by atoms with van der Waals surface area (Å²) in [6.45, 7) is 11.6. The van der Waals surface area contributed by atoms with Crippen molar-refractivity contribution >= 4 is 5.97 Å². The van der Waals surface area contributed by atoms with Gasteiger partial charge in [0.1, 0.15) is 6.54 Å². The molecule has 0 aromatic heterocycles. The Labute approximate surface area is 96.3 Å². The lowest BCUT2D eigenvalue weighted by molar-refractivity contribution is -0.885. The summed E-state index contributed by atoms with van der Waals surface area (Å²) in [5, 5.41) is 10.4. The molecule has 0 rings (SSSR count). The standard InChI is InChI=1S/C11H18N2O3/c1-10(12-2)9-16-7-5-6-13(3,4)8-11(14)15/h1,5-9H2,3-4H3. The van der Waals surface area contributed by atoms with E-state index in [-0.39, 0.29) is 13.2 Å². The molecule has 90 valence electrons. The topological polar surface area (TPSA) is 53.7 Å². The highest BCUT2D eigenvalue weighted by Crippen LogP contribution is 2.00. The average Bonchev–Trinajstić information content (AvgIpc) is 2.14. The van der Waals surface area contributed by atoms with Gasteiger partial charge >= 0.3 is 0 Å². The van der Waals surface area contributed by atoms with Gasteiger partial charge in [0.25, 0.3) is 0 Å². The zero-order chi connectivity index (χ0) is 12.6. The van der Waals surface area contributed by atoms with E-state index < -0.39 is 5.97 Å². The minimum absolute atomic E-state index is 0.00520. The van der Waals surface area contributed by atoms with Gasteiger partial charge in [-0.05, 0) is 0 Å². The average molecular weight is 226 g/mol. The summed E-state index contributed by atoms with van der Waals surface area (Å²) >= 11 is 0. The van der Waals surface area contributed by atoms with Gasteiger partial charge in [0, 0.05) is 6.42 Å². The number of carbonyl (C=O) groups excluding carboxylic acids is 1. The summed E-state index contributed by atoms with van der Waals surface area (Å²) in [6, 6.07) is 0. The minimum atomic E-state index is -1.05. The highest BCUT2D eigenvalue weighted by molar-refractivity contribution is 5.65. The molecule has 5 nitrogen and oxygen atoms in total. The van der Waals surface area contributed by atoms with Crippen molar-refractivity contribution in [3.05, 3.63) is 23.7 Å². The third kappa shape index (κ3) is 7.97. The third-order valence-electron chi connectivity index (χ3n) is 2.04. The molecule has 0 N–H and O–H groups in total. The molecule has 0 unspecified atom stereocenters. The van der Waals surface area contributed by atoms with Crippen molar-refractivity contribution in [1.29, 1.82) is 0 Å². The van der Waals surface area contributed by atoms with Crippen molar-refractivity contribution in [2.75, 3.05) is 40.4 Å². The van der Waals surface area contributed by atoms with Crippen LogP contribution >= 0.6 is 0 Å². The van der Waals surface area contributed by atoms with E-state index in [9.17, 15) is 9.90 Å². The number of ether oxygens (including phenoxy) is 1. The van der Waals surface area contributed by atoms with Crippen molar-refractivity contribution in [1.82, 2.24) is 0 Å². The summed E-state index contributed by atoms with van der Waals surface area (Å²) in [5.74, 6) is -1.05. The number of carbonyl (C=O) groups is 1. The molecule has 0 atom stereocenters. The predicted molar refractivity (Wildman–Crippen MR) is 58.0 cm³/mol. The summed E-state index contributed by atoms with van der Waals surface area (Å²) in [7, 11) is 3.65. The molecule has 0 amide bonds. The lowest BCUT2D eigenvalue weighted by Crippen LogP contribution is -2.48. The highest BCUT2D eigenvalue weighted by Gasteiger charge is 2.14. The number of carboxylic acid groups (broad SMARTS) is 1. The number of hydrogen-bond acceptors (Lipinski definition) is 3. The smallest absolute Gasteiger partial charge is 0.183 e. The molecule has 16 heavy (non-hydrogen) atoms. The number of nitrogens with zero attached hydrogens (tertiary/aromatic N) is 2. The van der Waals surface area contributed by atoms with Crippen LogP contribution in [0.1, 0.15) is 6.42 Å². The van der Waals surface area contributed by atoms with Crippen molar-refractivity contribution in [3.8, 4) is 0 Å². The molecular weight excluding hydrogens is 208 g/mol. The predicted octanol–water partition coefficient (Wildman–Crippen LogP) is -0.348. The maximum absolute atomic E-state index is 10.4. The molecule has 0 radical (unpaired) electrons. The summed E-state index contributed by atoms with van der Waals surface area (Å²) < 4.78 is 5.57. The number of hydrogen-bond donors (Lipinski definition) is 0. The maximum Gasteiger partial charge on any atom is 0.183 e. The molecule has 0 saturated heterocycles. The molecular formula is C11H18N2O3. The molecule has 0 aliphatic rings. The number of aliphatic carboxylic acids is 1. The van der Waals surface area contributed by atoms with Crippen molar-refractivity contribution in [2.45, 2.75) is 6.42 Å². The quantitative estimate of drug-likeness (QED) is 0.323. The van der Waals surface area contributed by atoms with E-state index in [0.29, 0.717) is 23.3 Å². The summed E-state index contributed by atoms with van der Waals surface area (Å²) in [5.41, 5.74) is 0.378. The second-order valence-corrected chi connectivity index (χ2v) is 4.27. The van der Waals surface area contributed by atoms with E-state index in [0.717, 1.165) is 6.42 Å². The third-order valence-corrected chi connectivity index (χ3v) is 2.04. The number of carboxylic acids is 1. The molecule has 0 fully saturated rings. The Morgan fingerprint density at radius 1 is 1.56 bits per heavy atom. The Hall–Kier alpha value is -1.38. The van der Waals surface area contributed by atoms with E-state index in [1.807, 2.05) is 14.1 Å². The monoisotopic (exact) mass is 226 g/mol. The van der Waals surface area contributed by atoms with Gasteiger partial charge in [-0.25, -0.2) is 4.85 Å². The zero-order valence-corrected chi connectivity index (χ0v) is 9.86. The van der Waals surface area contributed by atoms with Crippen LogP contribution in [-0.2, 0) is 9.53 Å².